The first-order chi connectivity index (χ1) is 10.2. The largest absolute Gasteiger partial charge is 0.385 e. The van der Waals surface area contributed by atoms with Gasteiger partial charge in [0.05, 0.1) is 5.56 Å². The van der Waals surface area contributed by atoms with Crippen LogP contribution in [0.4, 0.5) is 11.4 Å². The SMILES string of the molecule is CCNc1ccc(Cl)cc1C(=O)N(CC)c1ccccc1. The van der Waals surface area contributed by atoms with Gasteiger partial charge in [0.15, 0.2) is 0 Å². The molecular weight excluding hydrogens is 284 g/mol. The summed E-state index contributed by atoms with van der Waals surface area (Å²) < 4.78 is 0. The number of benzene rings is 2. The summed E-state index contributed by atoms with van der Waals surface area (Å²) in [6, 6.07) is 15.0. The van der Waals surface area contributed by atoms with E-state index in [0.717, 1.165) is 17.9 Å². The standard InChI is InChI=1S/C17H19ClN2O/c1-3-19-16-11-10-13(18)12-15(16)17(21)20(4-2)14-8-6-5-7-9-14/h5-12,19H,3-4H2,1-2H3. The van der Waals surface area contributed by atoms with Crippen molar-refractivity contribution in [1.29, 1.82) is 0 Å². The maximum atomic E-state index is 12.9. The molecule has 0 aliphatic carbocycles. The van der Waals surface area contributed by atoms with Crippen LogP contribution in [-0.2, 0) is 0 Å². The van der Waals surface area contributed by atoms with Crippen LogP contribution in [0, 0.1) is 0 Å². The minimum atomic E-state index is -0.0536. The van der Waals surface area contributed by atoms with E-state index in [0.29, 0.717) is 17.1 Å². The molecule has 0 unspecified atom stereocenters. The Balaban J connectivity index is 2.40. The van der Waals surface area contributed by atoms with Gasteiger partial charge in [-0.2, -0.15) is 0 Å². The number of carbonyl (C=O) groups excluding carboxylic acids is 1. The first-order valence-corrected chi connectivity index (χ1v) is 7.45. The quantitative estimate of drug-likeness (QED) is 0.885. The van der Waals surface area contributed by atoms with Crippen molar-refractivity contribution in [3.05, 3.63) is 59.1 Å². The van der Waals surface area contributed by atoms with E-state index in [4.69, 9.17) is 11.6 Å². The molecule has 0 saturated carbocycles. The minimum Gasteiger partial charge on any atom is -0.385 e. The molecule has 2 aromatic carbocycles. The van der Waals surface area contributed by atoms with Crippen molar-refractivity contribution in [2.24, 2.45) is 0 Å². The minimum absolute atomic E-state index is 0.0536. The van der Waals surface area contributed by atoms with E-state index in [2.05, 4.69) is 5.32 Å². The van der Waals surface area contributed by atoms with Gasteiger partial charge in [-0.05, 0) is 44.2 Å². The lowest BCUT2D eigenvalue weighted by Gasteiger charge is -2.22. The van der Waals surface area contributed by atoms with Gasteiger partial charge in [0, 0.05) is 29.5 Å². The van der Waals surface area contributed by atoms with Crippen LogP contribution < -0.4 is 10.2 Å². The van der Waals surface area contributed by atoms with E-state index < -0.39 is 0 Å². The van der Waals surface area contributed by atoms with Gasteiger partial charge in [0.2, 0.25) is 0 Å². The van der Waals surface area contributed by atoms with Crippen molar-refractivity contribution >= 4 is 28.9 Å². The van der Waals surface area contributed by atoms with Crippen LogP contribution in [0.2, 0.25) is 5.02 Å². The molecule has 0 radical (unpaired) electrons. The van der Waals surface area contributed by atoms with Crippen LogP contribution in [-0.4, -0.2) is 19.0 Å². The van der Waals surface area contributed by atoms with E-state index in [-0.39, 0.29) is 5.91 Å². The fourth-order valence-electron chi connectivity index (χ4n) is 2.23. The average molecular weight is 303 g/mol. The number of anilines is 2. The van der Waals surface area contributed by atoms with E-state index in [1.165, 1.54) is 0 Å². The molecule has 1 N–H and O–H groups in total. The zero-order valence-electron chi connectivity index (χ0n) is 12.3. The lowest BCUT2D eigenvalue weighted by molar-refractivity contribution is 0.0989. The number of rotatable bonds is 5. The van der Waals surface area contributed by atoms with Gasteiger partial charge in [-0.15, -0.1) is 0 Å². The smallest absolute Gasteiger partial charge is 0.260 e. The molecule has 0 aromatic heterocycles. The number of hydrogen-bond donors (Lipinski definition) is 1. The number of nitrogens with one attached hydrogen (secondary N) is 1. The molecule has 0 aliphatic heterocycles. The zero-order chi connectivity index (χ0) is 15.2. The molecular formula is C17H19ClN2O. The summed E-state index contributed by atoms with van der Waals surface area (Å²) >= 11 is 6.06. The number of nitrogens with zero attached hydrogens (tertiary/aromatic N) is 1. The second-order valence-electron chi connectivity index (χ2n) is 4.61. The molecule has 110 valence electrons. The Morgan fingerprint density at radius 3 is 2.48 bits per heavy atom. The van der Waals surface area contributed by atoms with Gasteiger partial charge in [0.1, 0.15) is 0 Å². The Morgan fingerprint density at radius 1 is 1.14 bits per heavy atom. The summed E-state index contributed by atoms with van der Waals surface area (Å²) in [7, 11) is 0. The van der Waals surface area contributed by atoms with E-state index >= 15 is 0 Å². The molecule has 0 spiro atoms. The summed E-state index contributed by atoms with van der Waals surface area (Å²) in [6.45, 7) is 5.31. The van der Waals surface area contributed by atoms with Crippen LogP contribution in [0.1, 0.15) is 24.2 Å². The predicted octanol–water partition coefficient (Wildman–Crippen LogP) is 4.44. The van der Waals surface area contributed by atoms with Gasteiger partial charge >= 0.3 is 0 Å². The van der Waals surface area contributed by atoms with Crippen LogP contribution in [0.3, 0.4) is 0 Å². The van der Waals surface area contributed by atoms with Crippen LogP contribution in [0.15, 0.2) is 48.5 Å². The molecule has 0 saturated heterocycles. The normalized spacial score (nSPS) is 10.2. The maximum Gasteiger partial charge on any atom is 0.260 e. The highest BCUT2D eigenvalue weighted by atomic mass is 35.5. The zero-order valence-corrected chi connectivity index (χ0v) is 13.0. The highest BCUT2D eigenvalue weighted by Gasteiger charge is 2.19. The first kappa shape index (κ1) is 15.4. The molecule has 1 amide bonds. The van der Waals surface area contributed by atoms with Crippen molar-refractivity contribution in [2.75, 3.05) is 23.3 Å². The van der Waals surface area contributed by atoms with Crippen molar-refractivity contribution in [2.45, 2.75) is 13.8 Å². The van der Waals surface area contributed by atoms with Gasteiger partial charge in [-0.3, -0.25) is 4.79 Å². The molecule has 3 nitrogen and oxygen atoms in total. The summed E-state index contributed by atoms with van der Waals surface area (Å²) in [4.78, 5) is 14.6. The number of halogens is 1. The lowest BCUT2D eigenvalue weighted by atomic mass is 10.1. The monoisotopic (exact) mass is 302 g/mol. The Bertz CT molecular complexity index is 613. The second kappa shape index (κ2) is 7.14. The summed E-state index contributed by atoms with van der Waals surface area (Å²) in [5, 5.41) is 3.77. The molecule has 0 atom stereocenters. The Kier molecular flexibility index (Phi) is 5.23. The van der Waals surface area contributed by atoms with Gasteiger partial charge < -0.3 is 10.2 Å². The fraction of sp³-hybridized carbons (Fsp3) is 0.235. The van der Waals surface area contributed by atoms with E-state index in [9.17, 15) is 4.79 Å². The third kappa shape index (κ3) is 3.56. The average Bonchev–Trinajstić information content (AvgIpc) is 2.51. The Morgan fingerprint density at radius 2 is 1.86 bits per heavy atom. The van der Waals surface area contributed by atoms with Gasteiger partial charge in [-0.1, -0.05) is 29.8 Å². The van der Waals surface area contributed by atoms with Crippen molar-refractivity contribution in [3.8, 4) is 0 Å². The fourth-order valence-corrected chi connectivity index (χ4v) is 2.41. The molecule has 2 rings (SSSR count). The molecule has 0 bridgehead atoms. The number of para-hydroxylation sites is 1. The predicted molar refractivity (Wildman–Crippen MR) is 89.4 cm³/mol. The Labute approximate surface area is 130 Å². The van der Waals surface area contributed by atoms with Crippen molar-refractivity contribution < 1.29 is 4.79 Å². The summed E-state index contributed by atoms with van der Waals surface area (Å²) in [5.41, 5.74) is 2.28. The second-order valence-corrected chi connectivity index (χ2v) is 5.04. The molecule has 4 heteroatoms. The third-order valence-electron chi connectivity index (χ3n) is 3.21. The van der Waals surface area contributed by atoms with E-state index in [1.807, 2.05) is 50.2 Å². The highest BCUT2D eigenvalue weighted by molar-refractivity contribution is 6.31. The molecule has 0 fully saturated rings. The van der Waals surface area contributed by atoms with E-state index in [1.54, 1.807) is 17.0 Å². The van der Waals surface area contributed by atoms with Gasteiger partial charge in [-0.25, -0.2) is 0 Å². The topological polar surface area (TPSA) is 32.3 Å². The maximum absolute atomic E-state index is 12.9. The number of hydrogen-bond acceptors (Lipinski definition) is 2. The summed E-state index contributed by atoms with van der Waals surface area (Å²) in [6.07, 6.45) is 0. The van der Waals surface area contributed by atoms with Gasteiger partial charge in [0.25, 0.3) is 5.91 Å². The molecule has 0 heterocycles. The first-order valence-electron chi connectivity index (χ1n) is 7.07. The lowest BCUT2D eigenvalue weighted by Crippen LogP contribution is -2.31. The van der Waals surface area contributed by atoms with Crippen LogP contribution >= 0.6 is 11.6 Å². The van der Waals surface area contributed by atoms with Crippen molar-refractivity contribution in [3.63, 3.8) is 0 Å². The summed E-state index contributed by atoms with van der Waals surface area (Å²) in [5.74, 6) is -0.0536. The number of carbonyl (C=O) groups is 1. The molecule has 0 aliphatic rings. The highest BCUT2D eigenvalue weighted by Crippen LogP contribution is 2.24. The number of amides is 1. The molecule has 2 aromatic rings. The van der Waals surface area contributed by atoms with Crippen molar-refractivity contribution in [1.82, 2.24) is 0 Å². The van der Waals surface area contributed by atoms with Crippen LogP contribution in [0.25, 0.3) is 0 Å². The third-order valence-corrected chi connectivity index (χ3v) is 3.44. The Hall–Kier alpha value is -2.00. The van der Waals surface area contributed by atoms with Crippen LogP contribution in [0.5, 0.6) is 0 Å². The molecule has 21 heavy (non-hydrogen) atoms.